The number of hydrogen-bond donors (Lipinski definition) is 0. The van der Waals surface area contributed by atoms with Gasteiger partial charge in [0.05, 0.1) is 10.6 Å². The van der Waals surface area contributed by atoms with E-state index >= 15 is 0 Å². The lowest BCUT2D eigenvalue weighted by Crippen LogP contribution is -2.39. The number of halogens is 1. The predicted molar refractivity (Wildman–Crippen MR) is 79.2 cm³/mol. The average Bonchev–Trinajstić information content (AvgIpc) is 2.55. The second-order valence-electron chi connectivity index (χ2n) is 5.12. The molecule has 3 rings (SSSR count). The second kappa shape index (κ2) is 6.18. The van der Waals surface area contributed by atoms with E-state index in [4.69, 9.17) is 11.6 Å². The summed E-state index contributed by atoms with van der Waals surface area (Å²) in [6.07, 6.45) is 8.38. The van der Waals surface area contributed by atoms with Crippen LogP contribution in [-0.2, 0) is 0 Å². The summed E-state index contributed by atoms with van der Waals surface area (Å²) < 4.78 is 0. The molecule has 0 unspecified atom stereocenters. The number of pyridine rings is 1. The van der Waals surface area contributed by atoms with E-state index in [1.165, 1.54) is 6.20 Å². The van der Waals surface area contributed by atoms with Gasteiger partial charge in [0.1, 0.15) is 6.33 Å². The fourth-order valence-electron chi connectivity index (χ4n) is 2.66. The van der Waals surface area contributed by atoms with Gasteiger partial charge in [0.15, 0.2) is 0 Å². The van der Waals surface area contributed by atoms with Crippen molar-refractivity contribution in [1.82, 2.24) is 19.9 Å². The summed E-state index contributed by atoms with van der Waals surface area (Å²) in [5.41, 5.74) is 1.53. The molecule has 21 heavy (non-hydrogen) atoms. The minimum absolute atomic E-state index is 0.0243. The van der Waals surface area contributed by atoms with Crippen LogP contribution in [0.2, 0.25) is 5.02 Å². The number of nitrogens with zero attached hydrogens (tertiary/aromatic N) is 4. The van der Waals surface area contributed by atoms with E-state index in [0.29, 0.717) is 17.1 Å². The molecule has 0 saturated carbocycles. The molecule has 0 N–H and O–H groups in total. The molecule has 108 valence electrons. The van der Waals surface area contributed by atoms with Crippen molar-refractivity contribution in [3.63, 3.8) is 0 Å². The number of hydrogen-bond acceptors (Lipinski definition) is 4. The third kappa shape index (κ3) is 3.19. The number of amides is 1. The van der Waals surface area contributed by atoms with E-state index in [1.807, 2.05) is 11.0 Å². The summed E-state index contributed by atoms with van der Waals surface area (Å²) in [5.74, 6) is 0.238. The van der Waals surface area contributed by atoms with Gasteiger partial charge in [-0.15, -0.1) is 0 Å². The van der Waals surface area contributed by atoms with Crippen molar-refractivity contribution in [2.24, 2.45) is 0 Å². The van der Waals surface area contributed by atoms with Crippen molar-refractivity contribution < 1.29 is 4.79 Å². The van der Waals surface area contributed by atoms with Crippen LogP contribution >= 0.6 is 11.6 Å². The summed E-state index contributed by atoms with van der Waals surface area (Å²) in [6, 6.07) is 3.57. The van der Waals surface area contributed by atoms with Gasteiger partial charge in [0.25, 0.3) is 5.91 Å². The van der Waals surface area contributed by atoms with Crippen molar-refractivity contribution >= 4 is 17.5 Å². The van der Waals surface area contributed by atoms with Gasteiger partial charge in [-0.3, -0.25) is 9.78 Å². The number of aromatic nitrogens is 3. The van der Waals surface area contributed by atoms with Gasteiger partial charge >= 0.3 is 0 Å². The number of rotatable bonds is 2. The first-order valence-electron chi connectivity index (χ1n) is 6.90. The molecule has 3 heterocycles. The highest BCUT2D eigenvalue weighted by atomic mass is 35.5. The van der Waals surface area contributed by atoms with Crippen LogP contribution in [-0.4, -0.2) is 38.8 Å². The Morgan fingerprint density at radius 1 is 1.33 bits per heavy atom. The van der Waals surface area contributed by atoms with Gasteiger partial charge in [-0.2, -0.15) is 0 Å². The molecule has 2 aromatic heterocycles. The Morgan fingerprint density at radius 3 is 3.00 bits per heavy atom. The SMILES string of the molecule is O=C(c1cncc(Cl)c1)N1CCC[C@H](c2ccncn2)C1. The van der Waals surface area contributed by atoms with Crippen LogP contribution in [0.4, 0.5) is 0 Å². The Labute approximate surface area is 128 Å². The molecule has 1 atom stereocenters. The van der Waals surface area contributed by atoms with E-state index in [2.05, 4.69) is 15.0 Å². The van der Waals surface area contributed by atoms with Crippen LogP contribution in [0.3, 0.4) is 0 Å². The van der Waals surface area contributed by atoms with Crippen LogP contribution in [0.15, 0.2) is 37.1 Å². The van der Waals surface area contributed by atoms with E-state index in [0.717, 1.165) is 25.1 Å². The lowest BCUT2D eigenvalue weighted by molar-refractivity contribution is 0.0705. The molecule has 2 aromatic rings. The zero-order valence-corrected chi connectivity index (χ0v) is 12.2. The lowest BCUT2D eigenvalue weighted by atomic mass is 9.94. The quantitative estimate of drug-likeness (QED) is 0.855. The lowest BCUT2D eigenvalue weighted by Gasteiger charge is -2.32. The van der Waals surface area contributed by atoms with Gasteiger partial charge in [0, 0.05) is 43.3 Å². The van der Waals surface area contributed by atoms with Gasteiger partial charge in [-0.25, -0.2) is 9.97 Å². The third-order valence-electron chi connectivity index (χ3n) is 3.68. The molecule has 1 fully saturated rings. The Bertz CT molecular complexity index is 635. The predicted octanol–water partition coefficient (Wildman–Crippen LogP) is 2.54. The normalized spacial score (nSPS) is 18.5. The van der Waals surface area contributed by atoms with Crippen LogP contribution < -0.4 is 0 Å². The molecule has 1 aliphatic heterocycles. The number of piperidine rings is 1. The molecule has 6 heteroatoms. The molecule has 0 aliphatic carbocycles. The topological polar surface area (TPSA) is 59.0 Å². The summed E-state index contributed by atoms with van der Waals surface area (Å²) in [6.45, 7) is 1.43. The fourth-order valence-corrected chi connectivity index (χ4v) is 2.83. The van der Waals surface area contributed by atoms with Crippen molar-refractivity contribution in [3.8, 4) is 0 Å². The minimum atomic E-state index is -0.0243. The first kappa shape index (κ1) is 13.9. The van der Waals surface area contributed by atoms with Crippen LogP contribution in [0, 0.1) is 0 Å². The molecule has 0 bridgehead atoms. The highest BCUT2D eigenvalue weighted by molar-refractivity contribution is 6.30. The molecule has 0 aromatic carbocycles. The van der Waals surface area contributed by atoms with E-state index in [9.17, 15) is 4.79 Å². The monoisotopic (exact) mass is 302 g/mol. The fraction of sp³-hybridized carbons (Fsp3) is 0.333. The van der Waals surface area contributed by atoms with Gasteiger partial charge in [0.2, 0.25) is 0 Å². The average molecular weight is 303 g/mol. The maximum absolute atomic E-state index is 12.5. The minimum Gasteiger partial charge on any atom is -0.338 e. The van der Waals surface area contributed by atoms with Gasteiger partial charge in [-0.05, 0) is 25.0 Å². The van der Waals surface area contributed by atoms with Crippen LogP contribution in [0.5, 0.6) is 0 Å². The van der Waals surface area contributed by atoms with Crippen molar-refractivity contribution in [2.45, 2.75) is 18.8 Å². The van der Waals surface area contributed by atoms with E-state index in [-0.39, 0.29) is 11.8 Å². The van der Waals surface area contributed by atoms with E-state index in [1.54, 1.807) is 24.8 Å². The summed E-state index contributed by atoms with van der Waals surface area (Å²) >= 11 is 5.90. The second-order valence-corrected chi connectivity index (χ2v) is 5.55. The van der Waals surface area contributed by atoms with Crippen molar-refractivity contribution in [2.75, 3.05) is 13.1 Å². The molecule has 1 aliphatic rings. The number of likely N-dealkylation sites (tertiary alicyclic amines) is 1. The highest BCUT2D eigenvalue weighted by Gasteiger charge is 2.26. The van der Waals surface area contributed by atoms with Crippen LogP contribution in [0.25, 0.3) is 0 Å². The molecule has 0 spiro atoms. The van der Waals surface area contributed by atoms with Crippen LogP contribution in [0.1, 0.15) is 34.8 Å². The zero-order chi connectivity index (χ0) is 14.7. The summed E-state index contributed by atoms with van der Waals surface area (Å²) in [7, 11) is 0. The molecular weight excluding hydrogens is 288 g/mol. The zero-order valence-electron chi connectivity index (χ0n) is 11.4. The smallest absolute Gasteiger partial charge is 0.255 e. The molecule has 1 amide bonds. The standard InChI is InChI=1S/C15H15ClN4O/c16-13-6-12(7-18-8-13)15(21)20-5-1-2-11(9-20)14-3-4-17-10-19-14/h3-4,6-8,10-11H,1-2,5,9H2/t11-/m0/s1. The Hall–Kier alpha value is -2.01. The van der Waals surface area contributed by atoms with Crippen molar-refractivity contribution in [1.29, 1.82) is 0 Å². The Balaban J connectivity index is 1.75. The molecule has 0 radical (unpaired) electrons. The first-order valence-corrected chi connectivity index (χ1v) is 7.27. The van der Waals surface area contributed by atoms with Gasteiger partial charge in [-0.1, -0.05) is 11.6 Å². The molecular formula is C15H15ClN4O. The highest BCUT2D eigenvalue weighted by Crippen LogP contribution is 2.26. The van der Waals surface area contributed by atoms with Crippen molar-refractivity contribution in [3.05, 3.63) is 53.3 Å². The number of carbonyl (C=O) groups is 1. The largest absolute Gasteiger partial charge is 0.338 e. The number of carbonyl (C=O) groups excluding carboxylic acids is 1. The first-order chi connectivity index (χ1) is 10.2. The van der Waals surface area contributed by atoms with E-state index < -0.39 is 0 Å². The Morgan fingerprint density at radius 2 is 2.24 bits per heavy atom. The maximum Gasteiger partial charge on any atom is 0.255 e. The van der Waals surface area contributed by atoms with Gasteiger partial charge < -0.3 is 4.90 Å². The molecule has 1 saturated heterocycles. The molecule has 5 nitrogen and oxygen atoms in total. The third-order valence-corrected chi connectivity index (χ3v) is 3.89. The maximum atomic E-state index is 12.5. The Kier molecular flexibility index (Phi) is 4.10. The summed E-state index contributed by atoms with van der Waals surface area (Å²) in [5, 5.41) is 0.477. The summed E-state index contributed by atoms with van der Waals surface area (Å²) in [4.78, 5) is 26.6.